The van der Waals surface area contributed by atoms with Gasteiger partial charge in [0.15, 0.2) is 6.29 Å². The second-order valence-electron chi connectivity index (χ2n) is 8.38. The number of hydrogen-bond acceptors (Lipinski definition) is 7. The van der Waals surface area contributed by atoms with E-state index in [9.17, 15) is 14.0 Å². The number of urea groups is 1. The predicted molar refractivity (Wildman–Crippen MR) is 122 cm³/mol. The van der Waals surface area contributed by atoms with Crippen LogP contribution in [0.1, 0.15) is 5.56 Å². The van der Waals surface area contributed by atoms with Gasteiger partial charge in [0.25, 0.3) is 5.91 Å². The molecule has 2 saturated heterocycles. The Labute approximate surface area is 191 Å². The van der Waals surface area contributed by atoms with Gasteiger partial charge in [0.2, 0.25) is 0 Å². The summed E-state index contributed by atoms with van der Waals surface area (Å²) < 4.78 is 14.0. The molecule has 2 fully saturated rings. The highest BCUT2D eigenvalue weighted by atomic mass is 19.1. The average Bonchev–Trinajstić information content (AvgIpc) is 3.23. The summed E-state index contributed by atoms with van der Waals surface area (Å²) in [6, 6.07) is 15.5. The molecule has 0 saturated carbocycles. The van der Waals surface area contributed by atoms with Crippen LogP contribution in [0.2, 0.25) is 0 Å². The van der Waals surface area contributed by atoms with E-state index in [-0.39, 0.29) is 24.0 Å². The van der Waals surface area contributed by atoms with Crippen molar-refractivity contribution in [2.24, 2.45) is 5.10 Å². The first-order valence-corrected chi connectivity index (χ1v) is 10.9. The molecule has 3 heterocycles. The fourth-order valence-corrected chi connectivity index (χ4v) is 4.64. The quantitative estimate of drug-likeness (QED) is 0.715. The van der Waals surface area contributed by atoms with Gasteiger partial charge < -0.3 is 10.2 Å². The minimum absolute atomic E-state index is 0.239. The maximum Gasteiger partial charge on any atom is 0.327 e. The van der Waals surface area contributed by atoms with Crippen molar-refractivity contribution in [2.75, 3.05) is 39.0 Å². The van der Waals surface area contributed by atoms with Gasteiger partial charge in [-0.15, -0.1) is 0 Å². The monoisotopic (exact) mass is 451 g/mol. The number of rotatable bonds is 5. The van der Waals surface area contributed by atoms with Gasteiger partial charge in [-0.25, -0.2) is 14.1 Å². The van der Waals surface area contributed by atoms with Crippen LogP contribution in [0.15, 0.2) is 59.7 Å². The summed E-state index contributed by atoms with van der Waals surface area (Å²) in [6.45, 7) is 1.36. The molecule has 33 heavy (non-hydrogen) atoms. The van der Waals surface area contributed by atoms with E-state index in [2.05, 4.69) is 10.6 Å². The van der Waals surface area contributed by atoms with Crippen molar-refractivity contribution in [3.63, 3.8) is 0 Å². The average molecular weight is 452 g/mol. The number of hydrazone groups is 1. The summed E-state index contributed by atoms with van der Waals surface area (Å²) >= 11 is 0. The number of carbonyl (C=O) groups is 2. The lowest BCUT2D eigenvalue weighted by molar-refractivity contribution is -0.137. The number of likely N-dealkylation sites (N-methyl/N-ethyl adjacent to an activating group) is 2. The summed E-state index contributed by atoms with van der Waals surface area (Å²) in [7, 11) is 3.20. The Bertz CT molecular complexity index is 1100. The van der Waals surface area contributed by atoms with Gasteiger partial charge >= 0.3 is 6.03 Å². The molecule has 0 spiro atoms. The Balaban J connectivity index is 1.42. The standard InChI is InChI=1S/C23H26FN7O2/c1-28-20-19(21(32)29(2)23(28)33)30-14-18(15-8-4-3-5-9-15)27-31(22(30)26-20)13-12-25-17-11-7-6-10-16(17)24/h3-11,19-20,22,25-26H,12-14H2,1-2H3. The van der Waals surface area contributed by atoms with E-state index >= 15 is 0 Å². The van der Waals surface area contributed by atoms with E-state index in [1.807, 2.05) is 40.2 Å². The third-order valence-electron chi connectivity index (χ3n) is 6.38. The van der Waals surface area contributed by atoms with Gasteiger partial charge in [-0.2, -0.15) is 5.10 Å². The van der Waals surface area contributed by atoms with Gasteiger partial charge in [0, 0.05) is 27.2 Å². The van der Waals surface area contributed by atoms with Gasteiger partial charge in [-0.3, -0.25) is 20.0 Å². The minimum Gasteiger partial charge on any atom is -0.381 e. The topological polar surface area (TPSA) is 83.5 Å². The van der Waals surface area contributed by atoms with Gasteiger partial charge in [-0.1, -0.05) is 42.5 Å². The molecule has 2 aromatic carbocycles. The van der Waals surface area contributed by atoms with Crippen LogP contribution in [0.25, 0.3) is 0 Å². The molecule has 3 unspecified atom stereocenters. The maximum atomic E-state index is 14.0. The van der Waals surface area contributed by atoms with E-state index < -0.39 is 12.2 Å². The zero-order chi connectivity index (χ0) is 23.1. The Morgan fingerprint density at radius 3 is 2.58 bits per heavy atom. The van der Waals surface area contributed by atoms with Crippen LogP contribution < -0.4 is 10.6 Å². The fourth-order valence-electron chi connectivity index (χ4n) is 4.64. The predicted octanol–water partition coefficient (Wildman–Crippen LogP) is 1.36. The number of hydrogen-bond donors (Lipinski definition) is 2. The minimum atomic E-state index is -0.529. The highest BCUT2D eigenvalue weighted by molar-refractivity contribution is 6.04. The molecule has 3 aliphatic heterocycles. The van der Waals surface area contributed by atoms with Crippen LogP contribution in [0.5, 0.6) is 0 Å². The molecule has 3 amide bonds. The molecule has 9 nitrogen and oxygen atoms in total. The van der Waals surface area contributed by atoms with Crippen LogP contribution in [0.4, 0.5) is 14.9 Å². The molecule has 172 valence electrons. The zero-order valence-electron chi connectivity index (χ0n) is 18.5. The summed E-state index contributed by atoms with van der Waals surface area (Å²) in [6.07, 6.45) is -0.834. The van der Waals surface area contributed by atoms with Crippen molar-refractivity contribution in [1.29, 1.82) is 0 Å². The normalized spacial score (nSPS) is 25.1. The Morgan fingerprint density at radius 2 is 1.82 bits per heavy atom. The van der Waals surface area contributed by atoms with Crippen molar-refractivity contribution in [2.45, 2.75) is 18.5 Å². The molecule has 0 radical (unpaired) electrons. The van der Waals surface area contributed by atoms with Crippen LogP contribution in [-0.4, -0.2) is 89.6 Å². The Kier molecular flexibility index (Phi) is 5.47. The van der Waals surface area contributed by atoms with Crippen molar-refractivity contribution >= 4 is 23.3 Å². The zero-order valence-corrected chi connectivity index (χ0v) is 18.5. The summed E-state index contributed by atoms with van der Waals surface area (Å²) in [5.41, 5.74) is 2.22. The molecule has 10 heteroatoms. The SMILES string of the molecule is CN1C(=O)C2C(NC3N(CCNc4ccccc4F)N=C(c4ccccc4)CN23)N(C)C1=O. The molecule has 0 aromatic heterocycles. The molecular weight excluding hydrogens is 425 g/mol. The first kappa shape index (κ1) is 21.4. The third kappa shape index (κ3) is 3.70. The highest BCUT2D eigenvalue weighted by Gasteiger charge is 2.55. The molecule has 0 aliphatic carbocycles. The molecule has 2 aromatic rings. The van der Waals surface area contributed by atoms with E-state index in [0.29, 0.717) is 25.3 Å². The number of anilines is 1. The summed E-state index contributed by atoms with van der Waals surface area (Å²) in [5, 5.41) is 13.3. The second-order valence-corrected chi connectivity index (χ2v) is 8.38. The molecule has 2 N–H and O–H groups in total. The number of carbonyl (C=O) groups excluding carboxylic acids is 2. The van der Waals surface area contributed by atoms with Gasteiger partial charge in [0.05, 0.1) is 17.9 Å². The number of nitrogens with zero attached hydrogens (tertiary/aromatic N) is 5. The van der Waals surface area contributed by atoms with Crippen molar-refractivity contribution < 1.29 is 14.0 Å². The Morgan fingerprint density at radius 1 is 1.09 bits per heavy atom. The number of nitrogens with one attached hydrogen (secondary N) is 2. The number of halogens is 1. The number of fused-ring (bicyclic) bond motifs is 3. The third-order valence-corrected chi connectivity index (χ3v) is 6.38. The van der Waals surface area contributed by atoms with Gasteiger partial charge in [-0.05, 0) is 17.7 Å². The number of imide groups is 1. The fraction of sp³-hybridized carbons (Fsp3) is 0.348. The molecule has 3 aliphatic rings. The lowest BCUT2D eigenvalue weighted by Gasteiger charge is -2.41. The van der Waals surface area contributed by atoms with Crippen molar-refractivity contribution in [3.8, 4) is 0 Å². The number of amides is 3. The van der Waals surface area contributed by atoms with Crippen molar-refractivity contribution in [3.05, 3.63) is 66.0 Å². The van der Waals surface area contributed by atoms with Crippen LogP contribution in [0.3, 0.4) is 0 Å². The largest absolute Gasteiger partial charge is 0.381 e. The van der Waals surface area contributed by atoms with E-state index in [0.717, 1.165) is 11.3 Å². The van der Waals surface area contributed by atoms with Crippen LogP contribution in [0, 0.1) is 5.82 Å². The maximum absolute atomic E-state index is 14.0. The first-order chi connectivity index (χ1) is 16.0. The van der Waals surface area contributed by atoms with Gasteiger partial charge in [0.1, 0.15) is 18.0 Å². The second kappa shape index (κ2) is 8.45. The molecule has 3 atom stereocenters. The smallest absolute Gasteiger partial charge is 0.327 e. The molecular formula is C23H26FN7O2. The summed E-state index contributed by atoms with van der Waals surface area (Å²) in [4.78, 5) is 30.4. The van der Waals surface area contributed by atoms with Crippen LogP contribution in [-0.2, 0) is 4.79 Å². The van der Waals surface area contributed by atoms with Crippen molar-refractivity contribution in [1.82, 2.24) is 25.0 Å². The molecule has 5 rings (SSSR count). The summed E-state index contributed by atoms with van der Waals surface area (Å²) in [5.74, 6) is -0.554. The lowest BCUT2D eigenvalue weighted by Crippen LogP contribution is -2.65. The van der Waals surface area contributed by atoms with E-state index in [4.69, 9.17) is 5.10 Å². The molecule has 0 bridgehead atoms. The van der Waals surface area contributed by atoms with E-state index in [1.165, 1.54) is 18.0 Å². The highest BCUT2D eigenvalue weighted by Crippen LogP contribution is 2.30. The van der Waals surface area contributed by atoms with E-state index in [1.54, 1.807) is 30.1 Å². The Hall–Kier alpha value is -3.50. The first-order valence-electron chi connectivity index (χ1n) is 10.9. The number of para-hydroxylation sites is 1. The number of benzene rings is 2. The van der Waals surface area contributed by atoms with Crippen LogP contribution >= 0.6 is 0 Å². The lowest BCUT2D eigenvalue weighted by atomic mass is 10.1.